The fourth-order valence-electron chi connectivity index (χ4n) is 5.89. The molecular weight excluding hydrogens is 665 g/mol. The van der Waals surface area contributed by atoms with Crippen LogP contribution in [-0.2, 0) is 0 Å². The molecule has 1 aliphatic heterocycles. The first-order valence-electron chi connectivity index (χ1n) is 15.0. The lowest BCUT2D eigenvalue weighted by molar-refractivity contribution is 0.0866. The number of nitrogens with one attached hydrogen (secondary N) is 2. The maximum absolute atomic E-state index is 14.8. The molecule has 1 aliphatic rings. The molecular formula is C34H31Cl3F2N8. The van der Waals surface area contributed by atoms with Crippen LogP contribution in [0.15, 0.2) is 60.9 Å². The van der Waals surface area contributed by atoms with Gasteiger partial charge in [-0.3, -0.25) is 9.88 Å². The topological polar surface area (TPSA) is 94.7 Å². The molecule has 0 radical (unpaired) electrons. The summed E-state index contributed by atoms with van der Waals surface area (Å²) < 4.78 is 30.6. The second-order valence-electron chi connectivity index (χ2n) is 12.5. The van der Waals surface area contributed by atoms with Gasteiger partial charge in [0, 0.05) is 46.3 Å². The van der Waals surface area contributed by atoms with Gasteiger partial charge in [-0.05, 0) is 69.5 Å². The van der Waals surface area contributed by atoms with E-state index in [0.29, 0.717) is 38.4 Å². The Hall–Kier alpha value is -4.01. The Morgan fingerprint density at radius 2 is 1.68 bits per heavy atom. The lowest BCUT2D eigenvalue weighted by Gasteiger charge is -2.40. The molecule has 0 bridgehead atoms. The highest BCUT2D eigenvalue weighted by Gasteiger charge is 2.29. The van der Waals surface area contributed by atoms with E-state index >= 15 is 0 Å². The average molecular weight is 696 g/mol. The summed E-state index contributed by atoms with van der Waals surface area (Å²) in [5.74, 6) is -1.78. The minimum atomic E-state index is -0.898. The molecule has 3 heterocycles. The van der Waals surface area contributed by atoms with E-state index < -0.39 is 17.7 Å². The van der Waals surface area contributed by atoms with Crippen molar-refractivity contribution in [3.8, 4) is 6.07 Å². The zero-order valence-electron chi connectivity index (χ0n) is 25.8. The summed E-state index contributed by atoms with van der Waals surface area (Å²) in [6.07, 6.45) is 5.26. The van der Waals surface area contributed by atoms with Crippen LogP contribution in [-0.4, -0.2) is 43.5 Å². The number of likely N-dealkylation sites (tertiary alicyclic amines) is 1. The first kappa shape index (κ1) is 32.9. The third-order valence-corrected chi connectivity index (χ3v) is 9.20. The number of pyridine rings is 1. The molecule has 0 saturated carbocycles. The predicted molar refractivity (Wildman–Crippen MR) is 183 cm³/mol. The second kappa shape index (κ2) is 13.2. The quantitative estimate of drug-likeness (QED) is 0.164. The molecule has 47 heavy (non-hydrogen) atoms. The fraction of sp³-hybridized carbons (Fsp3) is 0.294. The average Bonchev–Trinajstić information content (AvgIpc) is 3.53. The van der Waals surface area contributed by atoms with Gasteiger partial charge in [0.25, 0.3) is 0 Å². The normalized spacial score (nSPS) is 15.0. The number of hydrogen-bond acceptors (Lipinski definition) is 7. The van der Waals surface area contributed by atoms with Gasteiger partial charge in [-0.25, -0.2) is 13.5 Å². The molecule has 0 amide bonds. The van der Waals surface area contributed by atoms with Crippen molar-refractivity contribution in [2.75, 3.05) is 23.7 Å². The highest BCUT2D eigenvalue weighted by atomic mass is 35.5. The summed E-state index contributed by atoms with van der Waals surface area (Å²) in [4.78, 5) is 7.06. The first-order valence-corrected chi connectivity index (χ1v) is 16.2. The highest BCUT2D eigenvalue weighted by molar-refractivity contribution is 6.32. The number of nitrogens with zero attached hydrogens (tertiary/aromatic N) is 6. The van der Waals surface area contributed by atoms with Crippen molar-refractivity contribution in [3.05, 3.63) is 104 Å². The maximum Gasteiger partial charge on any atom is 0.149 e. The summed E-state index contributed by atoms with van der Waals surface area (Å²) in [6.45, 7) is 8.63. The van der Waals surface area contributed by atoms with Gasteiger partial charge in [-0.15, -0.1) is 5.10 Å². The molecule has 6 rings (SSSR count). The van der Waals surface area contributed by atoms with Crippen LogP contribution < -0.4 is 10.6 Å². The number of halogens is 5. The van der Waals surface area contributed by atoms with E-state index in [1.165, 1.54) is 6.20 Å². The number of benzene rings is 3. The number of piperidine rings is 1. The molecule has 1 fully saturated rings. The van der Waals surface area contributed by atoms with Crippen LogP contribution in [0.4, 0.5) is 25.8 Å². The van der Waals surface area contributed by atoms with Crippen LogP contribution in [0.2, 0.25) is 15.1 Å². The molecule has 13 heteroatoms. The van der Waals surface area contributed by atoms with Crippen LogP contribution >= 0.6 is 34.8 Å². The molecule has 2 N–H and O–H groups in total. The molecule has 0 aliphatic carbocycles. The van der Waals surface area contributed by atoms with Crippen LogP contribution in [0.1, 0.15) is 62.5 Å². The largest absolute Gasteiger partial charge is 0.371 e. The molecule has 0 spiro atoms. The lowest BCUT2D eigenvalue weighted by atomic mass is 9.98. The standard InChI is InChI=1S/C34H31Cl3F2N8/c1-34(2,3)46-10-8-23(9-11-46)47-18-30(44-45-47)32(19-4-6-21(35)7-5-19)43-29-13-22(36)12-24-31(20(16-40)17-41-33(24)29)42-28-14-25(37)26(38)15-27(28)39/h4-7,12-15,17-18,23,32,43H,8-11H2,1-3H3,(H,41,42)/t32-/m0/s1. The molecule has 2 aromatic heterocycles. The minimum Gasteiger partial charge on any atom is -0.371 e. The molecule has 242 valence electrons. The monoisotopic (exact) mass is 694 g/mol. The minimum absolute atomic E-state index is 0.111. The Morgan fingerprint density at radius 1 is 0.957 bits per heavy atom. The van der Waals surface area contributed by atoms with Gasteiger partial charge in [0.1, 0.15) is 23.4 Å². The number of aromatic nitrogens is 4. The summed E-state index contributed by atoms with van der Waals surface area (Å²) in [5.41, 5.74) is 2.88. The van der Waals surface area contributed by atoms with E-state index in [0.717, 1.165) is 37.6 Å². The van der Waals surface area contributed by atoms with Gasteiger partial charge in [-0.1, -0.05) is 52.1 Å². The van der Waals surface area contributed by atoms with Gasteiger partial charge >= 0.3 is 0 Å². The molecule has 8 nitrogen and oxygen atoms in total. The third kappa shape index (κ3) is 6.99. The molecule has 1 atom stereocenters. The van der Waals surface area contributed by atoms with Crippen molar-refractivity contribution in [2.45, 2.75) is 51.2 Å². The van der Waals surface area contributed by atoms with Gasteiger partial charge in [0.05, 0.1) is 51.4 Å². The van der Waals surface area contributed by atoms with E-state index in [-0.39, 0.29) is 33.5 Å². The SMILES string of the molecule is CC(C)(C)N1CCC(n2cc([C@@H](Nc3cc(Cl)cc4c(Nc5cc(Cl)c(F)cc5F)c(C#N)cnc34)c3ccc(Cl)cc3)nn2)CC1. The number of nitriles is 1. The van der Waals surface area contributed by atoms with Gasteiger partial charge in [0.15, 0.2) is 0 Å². The lowest BCUT2D eigenvalue weighted by Crippen LogP contribution is -2.46. The van der Waals surface area contributed by atoms with Crippen LogP contribution in [0.25, 0.3) is 10.9 Å². The van der Waals surface area contributed by atoms with Gasteiger partial charge in [-0.2, -0.15) is 5.26 Å². The van der Waals surface area contributed by atoms with E-state index in [4.69, 9.17) is 34.8 Å². The van der Waals surface area contributed by atoms with Crippen molar-refractivity contribution < 1.29 is 8.78 Å². The Bertz CT molecular complexity index is 1980. The molecule has 1 saturated heterocycles. The summed E-state index contributed by atoms with van der Waals surface area (Å²) in [5, 5.41) is 26.6. The summed E-state index contributed by atoms with van der Waals surface area (Å²) in [7, 11) is 0. The zero-order chi connectivity index (χ0) is 33.5. The third-order valence-electron chi connectivity index (χ3n) is 8.44. The van der Waals surface area contributed by atoms with Gasteiger partial charge in [0.2, 0.25) is 0 Å². The number of anilines is 3. The molecule has 3 aromatic carbocycles. The number of hydrogen-bond donors (Lipinski definition) is 2. The predicted octanol–water partition coefficient (Wildman–Crippen LogP) is 9.32. The Labute approximate surface area is 286 Å². The van der Waals surface area contributed by atoms with Crippen LogP contribution in [0.3, 0.4) is 0 Å². The summed E-state index contributed by atoms with van der Waals surface area (Å²) in [6, 6.07) is 14.4. The smallest absolute Gasteiger partial charge is 0.149 e. The fourth-order valence-corrected chi connectivity index (χ4v) is 6.40. The van der Waals surface area contributed by atoms with Crippen molar-refractivity contribution in [1.82, 2.24) is 24.9 Å². The Balaban J connectivity index is 1.39. The van der Waals surface area contributed by atoms with Crippen LogP contribution in [0, 0.1) is 23.0 Å². The summed E-state index contributed by atoms with van der Waals surface area (Å²) >= 11 is 18.8. The van der Waals surface area contributed by atoms with Gasteiger partial charge < -0.3 is 10.6 Å². The van der Waals surface area contributed by atoms with E-state index in [2.05, 4.69) is 57.7 Å². The van der Waals surface area contributed by atoms with Crippen molar-refractivity contribution in [3.63, 3.8) is 0 Å². The van der Waals surface area contributed by atoms with E-state index in [9.17, 15) is 14.0 Å². The molecule has 0 unspecified atom stereocenters. The van der Waals surface area contributed by atoms with E-state index in [1.807, 2.05) is 23.0 Å². The Morgan fingerprint density at radius 3 is 2.36 bits per heavy atom. The zero-order valence-corrected chi connectivity index (χ0v) is 28.1. The number of rotatable bonds is 7. The first-order chi connectivity index (χ1) is 22.4. The number of fused-ring (bicyclic) bond motifs is 1. The Kier molecular flexibility index (Phi) is 9.27. The van der Waals surface area contributed by atoms with E-state index in [1.54, 1.807) is 24.3 Å². The van der Waals surface area contributed by atoms with Crippen molar-refractivity contribution >= 4 is 62.8 Å². The second-order valence-corrected chi connectivity index (χ2v) is 13.8. The van der Waals surface area contributed by atoms with Crippen LogP contribution in [0.5, 0.6) is 0 Å². The highest BCUT2D eigenvalue weighted by Crippen LogP contribution is 2.38. The molecule has 5 aromatic rings. The van der Waals surface area contributed by atoms with Crippen molar-refractivity contribution in [2.24, 2.45) is 0 Å². The maximum atomic E-state index is 14.8. The van der Waals surface area contributed by atoms with Crippen molar-refractivity contribution in [1.29, 1.82) is 5.26 Å².